The molecule has 0 saturated heterocycles. The van der Waals surface area contributed by atoms with Crippen LogP contribution in [0.25, 0.3) is 0 Å². The van der Waals surface area contributed by atoms with E-state index in [0.29, 0.717) is 0 Å². The van der Waals surface area contributed by atoms with Crippen LogP contribution in [0.3, 0.4) is 0 Å². The Kier molecular flexibility index (Phi) is 5.17. The molecule has 8 heavy (non-hydrogen) atoms. The molecular weight excluding hydrogens is 198 g/mol. The van der Waals surface area contributed by atoms with Crippen LogP contribution in [0.5, 0.6) is 0 Å². The highest BCUT2D eigenvalue weighted by Crippen LogP contribution is 2.25. The van der Waals surface area contributed by atoms with Crippen molar-refractivity contribution in [1.82, 2.24) is 0 Å². The fraction of sp³-hybridized carbons (Fsp3) is 0.500. The van der Waals surface area contributed by atoms with Crippen molar-refractivity contribution in [2.45, 2.75) is 3.79 Å². The van der Waals surface area contributed by atoms with Gasteiger partial charge in [-0.3, -0.25) is 0 Å². The molecule has 0 bridgehead atoms. The monoisotopic (exact) mass is 198 g/mol. The van der Waals surface area contributed by atoms with Gasteiger partial charge in [-0.1, -0.05) is 34.8 Å². The molecule has 0 aromatic heterocycles. The molecule has 0 aliphatic heterocycles. The number of hydrogen-bond donors (Lipinski definition) is 1. The van der Waals surface area contributed by atoms with Gasteiger partial charge >= 0.3 is 5.97 Å². The fourth-order valence-electron chi connectivity index (χ4n) is 0. The van der Waals surface area contributed by atoms with Crippen LogP contribution in [0.1, 0.15) is 0 Å². The number of carboxylic acid groups (broad SMARTS) is 1. The molecule has 0 atom stereocenters. The molecular formula is C2H2Cl4O2. The zero-order valence-electron chi connectivity index (χ0n) is 3.40. The minimum atomic E-state index is -2.17. The van der Waals surface area contributed by atoms with E-state index in [-0.39, 0.29) is 12.4 Å². The summed E-state index contributed by atoms with van der Waals surface area (Å²) in [5, 5.41) is 7.85. The van der Waals surface area contributed by atoms with Gasteiger partial charge in [0.2, 0.25) is 0 Å². The van der Waals surface area contributed by atoms with E-state index in [4.69, 9.17) is 39.9 Å². The van der Waals surface area contributed by atoms with Crippen molar-refractivity contribution in [2.24, 2.45) is 0 Å². The van der Waals surface area contributed by atoms with Gasteiger partial charge in [0.1, 0.15) is 0 Å². The zero-order valence-corrected chi connectivity index (χ0v) is 6.48. The Hall–Kier alpha value is 0.630. The van der Waals surface area contributed by atoms with Crippen LogP contribution in [-0.4, -0.2) is 14.9 Å². The largest absolute Gasteiger partial charge is 0.478 e. The molecule has 1 N–H and O–H groups in total. The first kappa shape index (κ1) is 11.4. The second-order valence-corrected chi connectivity index (χ2v) is 3.08. The summed E-state index contributed by atoms with van der Waals surface area (Å²) in [5.74, 6) is -1.46. The first-order valence-electron chi connectivity index (χ1n) is 1.24. The van der Waals surface area contributed by atoms with Gasteiger partial charge in [0.25, 0.3) is 3.79 Å². The number of hydrogen-bond acceptors (Lipinski definition) is 1. The lowest BCUT2D eigenvalue weighted by atomic mass is 10.8. The molecule has 0 saturated carbocycles. The summed E-state index contributed by atoms with van der Waals surface area (Å²) in [5.41, 5.74) is 0. The number of alkyl halides is 3. The summed E-state index contributed by atoms with van der Waals surface area (Å²) < 4.78 is -2.17. The molecule has 0 aromatic rings. The predicted octanol–water partition coefficient (Wildman–Crippen LogP) is 1.86. The third-order valence-corrected chi connectivity index (χ3v) is 0.728. The van der Waals surface area contributed by atoms with Crippen molar-refractivity contribution < 1.29 is 9.90 Å². The maximum atomic E-state index is 9.62. The Bertz CT molecular complexity index is 84.5. The van der Waals surface area contributed by atoms with Gasteiger partial charge in [0, 0.05) is 0 Å². The van der Waals surface area contributed by atoms with Crippen LogP contribution >= 0.6 is 47.2 Å². The third kappa shape index (κ3) is 4.78. The van der Waals surface area contributed by atoms with Crippen LogP contribution in [0.4, 0.5) is 0 Å². The molecule has 0 radical (unpaired) electrons. The molecule has 0 aliphatic rings. The standard InChI is InChI=1S/C2HCl3O2.ClH/c3-2(4,5)1(6)7;/h(H,6,7);1H. The molecule has 0 unspecified atom stereocenters. The lowest BCUT2D eigenvalue weighted by Crippen LogP contribution is -2.16. The maximum Gasteiger partial charge on any atom is 0.356 e. The molecule has 0 amide bonds. The van der Waals surface area contributed by atoms with E-state index in [0.717, 1.165) is 0 Å². The van der Waals surface area contributed by atoms with Crippen molar-refractivity contribution in [2.75, 3.05) is 0 Å². The van der Waals surface area contributed by atoms with Crippen molar-refractivity contribution in [1.29, 1.82) is 0 Å². The number of carbonyl (C=O) groups is 1. The highest BCUT2D eigenvalue weighted by atomic mass is 35.6. The van der Waals surface area contributed by atoms with Crippen LogP contribution in [0.2, 0.25) is 0 Å². The lowest BCUT2D eigenvalue weighted by molar-refractivity contribution is -0.135. The number of rotatable bonds is 0. The van der Waals surface area contributed by atoms with E-state index in [1.807, 2.05) is 0 Å². The quantitative estimate of drug-likeness (QED) is 0.605. The number of halogens is 4. The number of carboxylic acids is 1. The molecule has 0 spiro atoms. The van der Waals surface area contributed by atoms with E-state index in [1.54, 1.807) is 0 Å². The van der Waals surface area contributed by atoms with Gasteiger partial charge in [-0.2, -0.15) is 0 Å². The average Bonchev–Trinajstić information content (AvgIpc) is 1.31. The van der Waals surface area contributed by atoms with E-state index < -0.39 is 9.76 Å². The summed E-state index contributed by atoms with van der Waals surface area (Å²) in [7, 11) is 0. The summed E-state index contributed by atoms with van der Waals surface area (Å²) in [6, 6.07) is 0. The molecule has 2 nitrogen and oxygen atoms in total. The second kappa shape index (κ2) is 3.62. The maximum absolute atomic E-state index is 9.62. The van der Waals surface area contributed by atoms with E-state index in [1.165, 1.54) is 0 Å². The zero-order chi connectivity index (χ0) is 6.08. The Morgan fingerprint density at radius 2 is 1.50 bits per heavy atom. The normalized spacial score (nSPS) is 9.88. The van der Waals surface area contributed by atoms with Gasteiger partial charge in [0.15, 0.2) is 0 Å². The van der Waals surface area contributed by atoms with Crippen molar-refractivity contribution in [3.63, 3.8) is 0 Å². The van der Waals surface area contributed by atoms with Gasteiger partial charge < -0.3 is 5.11 Å². The van der Waals surface area contributed by atoms with Gasteiger partial charge in [0.05, 0.1) is 0 Å². The molecule has 50 valence electrons. The Morgan fingerprint density at radius 3 is 1.50 bits per heavy atom. The molecule has 0 aliphatic carbocycles. The molecule has 0 heterocycles. The van der Waals surface area contributed by atoms with E-state index >= 15 is 0 Å². The second-order valence-electron chi connectivity index (χ2n) is 0.803. The van der Waals surface area contributed by atoms with Crippen LogP contribution in [-0.2, 0) is 4.79 Å². The van der Waals surface area contributed by atoms with Gasteiger partial charge in [-0.15, -0.1) is 12.4 Å². The Labute approximate surface area is 67.1 Å². The minimum Gasteiger partial charge on any atom is -0.478 e. The van der Waals surface area contributed by atoms with E-state index in [9.17, 15) is 4.79 Å². The first-order valence-corrected chi connectivity index (χ1v) is 2.38. The van der Waals surface area contributed by atoms with Crippen LogP contribution in [0.15, 0.2) is 0 Å². The summed E-state index contributed by atoms with van der Waals surface area (Å²) >= 11 is 14.4. The summed E-state index contributed by atoms with van der Waals surface area (Å²) in [6.45, 7) is 0. The summed E-state index contributed by atoms with van der Waals surface area (Å²) in [6.07, 6.45) is 0. The minimum absolute atomic E-state index is 0. The Morgan fingerprint density at radius 1 is 1.38 bits per heavy atom. The lowest BCUT2D eigenvalue weighted by Gasteiger charge is -1.99. The Balaban J connectivity index is 0. The van der Waals surface area contributed by atoms with Gasteiger partial charge in [-0.05, 0) is 0 Å². The highest BCUT2D eigenvalue weighted by molar-refractivity contribution is 6.75. The van der Waals surface area contributed by atoms with Crippen LogP contribution < -0.4 is 0 Å². The molecule has 6 heteroatoms. The van der Waals surface area contributed by atoms with Crippen LogP contribution in [0, 0.1) is 0 Å². The number of aliphatic carboxylic acids is 1. The smallest absolute Gasteiger partial charge is 0.356 e. The molecule has 0 fully saturated rings. The third-order valence-electron chi connectivity index (χ3n) is 0.243. The molecule has 0 aromatic carbocycles. The van der Waals surface area contributed by atoms with Crippen molar-refractivity contribution >= 4 is 53.2 Å². The highest BCUT2D eigenvalue weighted by Gasteiger charge is 2.29. The SMILES string of the molecule is Cl.O=C(O)C(Cl)(Cl)Cl. The molecule has 0 rings (SSSR count). The summed E-state index contributed by atoms with van der Waals surface area (Å²) in [4.78, 5) is 9.62. The average molecular weight is 200 g/mol. The van der Waals surface area contributed by atoms with Crippen molar-refractivity contribution in [3.8, 4) is 0 Å². The predicted molar refractivity (Wildman–Crippen MR) is 35.2 cm³/mol. The van der Waals surface area contributed by atoms with Crippen molar-refractivity contribution in [3.05, 3.63) is 0 Å². The fourth-order valence-corrected chi connectivity index (χ4v) is 0. The topological polar surface area (TPSA) is 37.3 Å². The first-order chi connectivity index (χ1) is 2.94. The van der Waals surface area contributed by atoms with E-state index in [2.05, 4.69) is 0 Å². The van der Waals surface area contributed by atoms with Gasteiger partial charge in [-0.25, -0.2) is 4.79 Å².